The first-order chi connectivity index (χ1) is 35.2. The van der Waals surface area contributed by atoms with Crippen LogP contribution in [0.25, 0.3) is 15.4 Å². The van der Waals surface area contributed by atoms with E-state index in [9.17, 15) is 24.3 Å². The second kappa shape index (κ2) is 20.3. The number of nitrogens with one attached hydrogen (secondary N) is 2. The van der Waals surface area contributed by atoms with E-state index in [0.717, 1.165) is 87.4 Å². The zero-order valence-electron chi connectivity index (χ0n) is 43.8. The van der Waals surface area contributed by atoms with E-state index >= 15 is 0 Å². The number of nitrogens with zero attached hydrogens (tertiary/aromatic N) is 9. The Morgan fingerprint density at radius 2 is 1.64 bits per heavy atom. The monoisotopic (exact) mass is 1060 g/mol. The molecule has 4 amide bonds. The van der Waals surface area contributed by atoms with Gasteiger partial charge in [-0.15, -0.1) is 32.9 Å². The quantitative estimate of drug-likeness (QED) is 0.118. The summed E-state index contributed by atoms with van der Waals surface area (Å²) in [7, 11) is 0. The molecule has 10 rings (SSSR count). The Morgan fingerprint density at radius 1 is 0.932 bits per heavy atom. The average Bonchev–Trinajstić information content (AvgIpc) is 4.09. The van der Waals surface area contributed by atoms with Crippen molar-refractivity contribution in [1.82, 2.24) is 50.0 Å². The van der Waals surface area contributed by atoms with Crippen molar-refractivity contribution < 1.29 is 24.3 Å². The third kappa shape index (κ3) is 10.1. The summed E-state index contributed by atoms with van der Waals surface area (Å²) in [6.45, 7) is 21.8. The molecule has 6 atom stereocenters. The van der Waals surface area contributed by atoms with E-state index in [4.69, 9.17) is 16.6 Å². The number of aromatic nitrogens is 4. The van der Waals surface area contributed by atoms with E-state index in [1.165, 1.54) is 9.78 Å². The second-order valence-electron chi connectivity index (χ2n) is 22.6. The summed E-state index contributed by atoms with van der Waals surface area (Å²) in [5, 5.41) is 27.7. The molecule has 1 spiro atoms. The van der Waals surface area contributed by atoms with Gasteiger partial charge in [-0.1, -0.05) is 68.8 Å². The van der Waals surface area contributed by atoms with Crippen molar-refractivity contribution in [2.24, 2.45) is 15.8 Å². The van der Waals surface area contributed by atoms with Gasteiger partial charge in [0, 0.05) is 84.2 Å². The van der Waals surface area contributed by atoms with Crippen LogP contribution >= 0.6 is 34.3 Å². The number of fused-ring (bicyclic) bond motifs is 3. The summed E-state index contributed by atoms with van der Waals surface area (Å²) in [5.74, 6) is 0.541. The van der Waals surface area contributed by atoms with Gasteiger partial charge < -0.3 is 25.5 Å². The molecule has 4 fully saturated rings. The first-order valence-electron chi connectivity index (χ1n) is 25.9. The molecule has 74 heavy (non-hydrogen) atoms. The number of likely N-dealkylation sites (tertiary alicyclic amines) is 2. The number of hydrogen-bond donors (Lipinski definition) is 3. The molecule has 5 aliphatic rings. The van der Waals surface area contributed by atoms with E-state index in [2.05, 4.69) is 61.0 Å². The lowest BCUT2D eigenvalue weighted by Crippen LogP contribution is -2.70. The van der Waals surface area contributed by atoms with Gasteiger partial charge in [-0.25, -0.2) is 4.98 Å². The molecule has 0 bridgehead atoms. The Morgan fingerprint density at radius 3 is 2.30 bits per heavy atom. The van der Waals surface area contributed by atoms with Crippen LogP contribution in [0.4, 0.5) is 0 Å². The van der Waals surface area contributed by atoms with Crippen molar-refractivity contribution in [3.8, 4) is 15.4 Å². The molecule has 3 aromatic heterocycles. The van der Waals surface area contributed by atoms with Gasteiger partial charge in [0.2, 0.25) is 23.6 Å². The maximum absolute atomic E-state index is 14.4. The number of carbonyl (C=O) groups is 4. The number of β-amino-alcohol motifs (C(OH)–C–C–N with tert-alkyl or cyclic N) is 1. The Labute approximate surface area is 446 Å². The van der Waals surface area contributed by atoms with Crippen LogP contribution in [0, 0.1) is 38.5 Å². The first-order valence-corrected chi connectivity index (χ1v) is 28.0. The van der Waals surface area contributed by atoms with Gasteiger partial charge in [-0.3, -0.25) is 38.5 Å². The van der Waals surface area contributed by atoms with Gasteiger partial charge in [0.15, 0.2) is 5.82 Å². The maximum Gasteiger partial charge on any atom is 0.246 e. The fraction of sp³-hybridized carbons (Fsp3) is 0.527. The zero-order valence-corrected chi connectivity index (χ0v) is 46.2. The molecule has 392 valence electrons. The number of aliphatic hydroxyl groups is 1. The number of benzene rings is 2. The van der Waals surface area contributed by atoms with Gasteiger partial charge in [0.05, 0.1) is 46.9 Å². The second-order valence-corrected chi connectivity index (χ2v) is 25.1. The standard InChI is InChI=1S/C55H68ClN11O5S2/c1-30-24-63(26-44(69)60-49(54(7,8)9)52(72)66-25-41(68)20-43(66)51(71)58-32(3)36-10-12-38(13-11-36)48-33(4)57-29-73-48)18-19-65(30)40-22-55(23-40)27-64(28-55)45(70)21-42-50-62-61-35(6)67(50)53-46(31(2)34(5)74-53)47(59-42)37-14-16-39(56)17-15-37/h10-17,29-30,32,40-43,49,68H,18-28H2,1-9H3,(H,58,71)(H,60,69)/t30-,32-,41+,42-,43-,49+/m0/s1. The van der Waals surface area contributed by atoms with E-state index < -0.39 is 29.6 Å². The third-order valence-corrected chi connectivity index (χ3v) is 18.5. The maximum atomic E-state index is 14.4. The molecule has 3 N–H and O–H groups in total. The van der Waals surface area contributed by atoms with Gasteiger partial charge in [0.1, 0.15) is 29.0 Å². The van der Waals surface area contributed by atoms with Crippen molar-refractivity contribution >= 4 is 63.6 Å². The topological polar surface area (TPSA) is 181 Å². The number of piperazine rings is 1. The normalized spacial score (nSPS) is 22.8. The molecule has 1 saturated carbocycles. The van der Waals surface area contributed by atoms with Crippen molar-refractivity contribution in [1.29, 1.82) is 0 Å². The molecule has 16 nitrogen and oxygen atoms in total. The van der Waals surface area contributed by atoms with Crippen molar-refractivity contribution in [2.45, 2.75) is 130 Å². The van der Waals surface area contributed by atoms with Crippen LogP contribution in [-0.4, -0.2) is 150 Å². The predicted molar refractivity (Wildman–Crippen MR) is 289 cm³/mol. The van der Waals surface area contributed by atoms with Gasteiger partial charge >= 0.3 is 0 Å². The molecule has 5 aromatic rings. The van der Waals surface area contributed by atoms with Crippen LogP contribution in [0.1, 0.15) is 117 Å². The van der Waals surface area contributed by atoms with Crippen molar-refractivity contribution in [3.63, 3.8) is 0 Å². The molecular weight excluding hydrogens is 994 g/mol. The van der Waals surface area contributed by atoms with Crippen molar-refractivity contribution in [3.05, 3.63) is 104 Å². The van der Waals surface area contributed by atoms with Crippen LogP contribution in [0.2, 0.25) is 5.02 Å². The molecule has 0 radical (unpaired) electrons. The van der Waals surface area contributed by atoms with Crippen LogP contribution in [0.5, 0.6) is 0 Å². The van der Waals surface area contributed by atoms with Gasteiger partial charge in [-0.05, 0) is 88.6 Å². The number of thiophene rings is 1. The number of hydrogen-bond acceptors (Lipinski definition) is 13. The summed E-state index contributed by atoms with van der Waals surface area (Å²) >= 11 is 9.59. The van der Waals surface area contributed by atoms with E-state index in [1.54, 1.807) is 22.7 Å². The highest BCUT2D eigenvalue weighted by Crippen LogP contribution is 2.51. The van der Waals surface area contributed by atoms with Crippen LogP contribution in [-0.2, 0) is 19.2 Å². The fourth-order valence-electron chi connectivity index (χ4n) is 12.0. The number of thiazole rings is 1. The fourth-order valence-corrected chi connectivity index (χ4v) is 14.1. The SMILES string of the molecule is Cc1ncsc1-c1ccc([C@H](C)NC(=O)[C@@H]2C[C@@H](O)CN2C(=O)[C@@H](NC(=O)CN2CCN(C3CC4(C3)CN(C(=O)C[C@@H]3N=C(c5ccc(Cl)cc5)c5c(sc(C)c5C)-n5c(C)nnc53)C4)[C@@H](C)C2)C(C)(C)C)cc1. The highest BCUT2D eigenvalue weighted by atomic mass is 35.5. The average molecular weight is 1060 g/mol. The molecule has 3 saturated heterocycles. The van der Waals surface area contributed by atoms with Crippen molar-refractivity contribution in [2.75, 3.05) is 45.8 Å². The number of halogens is 1. The number of amides is 4. The third-order valence-electron chi connectivity index (χ3n) is 16.1. The molecule has 1 aliphatic carbocycles. The Bertz CT molecular complexity index is 2980. The molecule has 2 aromatic carbocycles. The molecule has 7 heterocycles. The van der Waals surface area contributed by atoms with E-state index in [1.807, 2.05) is 100 Å². The van der Waals surface area contributed by atoms with E-state index in [0.29, 0.717) is 30.0 Å². The summed E-state index contributed by atoms with van der Waals surface area (Å²) in [4.78, 5) is 76.3. The minimum atomic E-state index is -0.909. The summed E-state index contributed by atoms with van der Waals surface area (Å²) in [5.41, 5.74) is 8.19. The minimum Gasteiger partial charge on any atom is -0.391 e. The highest BCUT2D eigenvalue weighted by Gasteiger charge is 2.56. The molecule has 19 heteroatoms. The summed E-state index contributed by atoms with van der Waals surface area (Å²) in [6, 6.07) is 13.7. The number of rotatable bonds is 12. The zero-order chi connectivity index (χ0) is 52.5. The lowest BCUT2D eigenvalue weighted by molar-refractivity contribution is -0.161. The summed E-state index contributed by atoms with van der Waals surface area (Å²) < 4.78 is 2.09. The Hall–Kier alpha value is -5.37. The highest BCUT2D eigenvalue weighted by molar-refractivity contribution is 7.15. The Kier molecular flexibility index (Phi) is 14.3. The Balaban J connectivity index is 0.710. The largest absolute Gasteiger partial charge is 0.391 e. The summed E-state index contributed by atoms with van der Waals surface area (Å²) in [6.07, 6.45) is 1.50. The van der Waals surface area contributed by atoms with E-state index in [-0.39, 0.29) is 67.1 Å². The van der Waals surface area contributed by atoms with Crippen LogP contribution in [0.15, 0.2) is 59.0 Å². The number of carbonyl (C=O) groups excluding carboxylic acids is 4. The number of aliphatic imine (C=N–C) groups is 1. The smallest absolute Gasteiger partial charge is 0.246 e. The predicted octanol–water partition coefficient (Wildman–Crippen LogP) is 6.99. The van der Waals surface area contributed by atoms with Gasteiger partial charge in [-0.2, -0.15) is 0 Å². The van der Waals surface area contributed by atoms with Gasteiger partial charge in [0.25, 0.3) is 0 Å². The molecular formula is C55H68ClN11O5S2. The number of aliphatic hydroxyl groups excluding tert-OH is 1. The van der Waals surface area contributed by atoms with Crippen LogP contribution in [0.3, 0.4) is 0 Å². The molecule has 0 unspecified atom stereocenters. The lowest BCUT2D eigenvalue weighted by Gasteiger charge is -2.62. The molecule has 4 aliphatic heterocycles. The van der Waals surface area contributed by atoms with Crippen LogP contribution < -0.4 is 10.6 Å². The number of aryl methyl sites for hydroxylation is 3. The lowest BCUT2D eigenvalue weighted by atomic mass is 9.60. The first kappa shape index (κ1) is 52.1. The minimum absolute atomic E-state index is 0.00994.